The van der Waals surface area contributed by atoms with Crippen LogP contribution in [0.15, 0.2) is 199 Å². The standard InChI is InChI=1S/C54H32O/c1-2-15-35-32-50-48(30-34(35)14-1)54-40(25-12-26-49(54)55-50)36-16-11-17-37(29-36)52-43-21-7-9-23-45(43)53(46-24-10-8-22-44(46)52)47-31-38-28-27-33-13-3-4-18-39(33)51(38)42-20-6-5-19-41(42)47/h1-32H. The molecule has 0 aliphatic rings. The van der Waals surface area contributed by atoms with Crippen LogP contribution >= 0.6 is 0 Å². The molecule has 0 saturated heterocycles. The van der Waals surface area contributed by atoms with E-state index in [0.717, 1.165) is 21.9 Å². The summed E-state index contributed by atoms with van der Waals surface area (Å²) in [5.41, 5.74) is 9.15. The minimum absolute atomic E-state index is 0.907. The second-order valence-corrected chi connectivity index (χ2v) is 14.8. The van der Waals surface area contributed by atoms with Gasteiger partial charge in [-0.2, -0.15) is 0 Å². The van der Waals surface area contributed by atoms with Crippen molar-refractivity contribution in [3.05, 3.63) is 194 Å². The van der Waals surface area contributed by atoms with Gasteiger partial charge in [0.25, 0.3) is 0 Å². The molecule has 0 atom stereocenters. The van der Waals surface area contributed by atoms with Crippen molar-refractivity contribution < 1.29 is 4.42 Å². The average molecular weight is 697 g/mol. The Morgan fingerprint density at radius 3 is 1.56 bits per heavy atom. The van der Waals surface area contributed by atoms with Gasteiger partial charge in [-0.05, 0) is 128 Å². The normalized spacial score (nSPS) is 12.0. The molecule has 1 aromatic heterocycles. The van der Waals surface area contributed by atoms with Gasteiger partial charge in [-0.25, -0.2) is 0 Å². The van der Waals surface area contributed by atoms with Gasteiger partial charge < -0.3 is 4.42 Å². The topological polar surface area (TPSA) is 13.1 Å². The van der Waals surface area contributed by atoms with Crippen LogP contribution in [0.2, 0.25) is 0 Å². The number of rotatable bonds is 3. The Hall–Kier alpha value is -7.22. The van der Waals surface area contributed by atoms with Gasteiger partial charge in [-0.1, -0.05) is 164 Å². The predicted octanol–water partition coefficient (Wildman–Crippen LogP) is 15.5. The van der Waals surface area contributed by atoms with Gasteiger partial charge in [0.15, 0.2) is 0 Å². The first-order chi connectivity index (χ1) is 27.3. The monoisotopic (exact) mass is 696 g/mol. The number of fused-ring (bicyclic) bond motifs is 11. The lowest BCUT2D eigenvalue weighted by atomic mass is 9.83. The van der Waals surface area contributed by atoms with Crippen molar-refractivity contribution in [2.45, 2.75) is 0 Å². The molecule has 0 aliphatic heterocycles. The number of hydrogen-bond acceptors (Lipinski definition) is 1. The third-order valence-corrected chi connectivity index (χ3v) is 11.8. The van der Waals surface area contributed by atoms with Crippen LogP contribution in [0.3, 0.4) is 0 Å². The summed E-state index contributed by atoms with van der Waals surface area (Å²) in [7, 11) is 0. The Kier molecular flexibility index (Phi) is 6.40. The summed E-state index contributed by atoms with van der Waals surface area (Å²) >= 11 is 0. The van der Waals surface area contributed by atoms with Gasteiger partial charge in [0, 0.05) is 10.8 Å². The van der Waals surface area contributed by atoms with Crippen molar-refractivity contribution >= 4 is 86.6 Å². The maximum atomic E-state index is 6.49. The van der Waals surface area contributed by atoms with Gasteiger partial charge in [0.1, 0.15) is 11.2 Å². The SMILES string of the molecule is c1cc(-c2c3ccccc3c(-c3cc4ccc5ccccc5c4c4ccccc34)c3ccccc23)cc(-c2cccc3oc4cc5ccccc5cc4c23)c1. The molecule has 0 fully saturated rings. The number of furan rings is 1. The third-order valence-electron chi connectivity index (χ3n) is 11.8. The van der Waals surface area contributed by atoms with Crippen LogP contribution in [0, 0.1) is 0 Å². The largest absolute Gasteiger partial charge is 0.456 e. The first-order valence-corrected chi connectivity index (χ1v) is 19.0. The molecule has 12 rings (SSSR count). The fraction of sp³-hybridized carbons (Fsp3) is 0. The van der Waals surface area contributed by atoms with Crippen molar-refractivity contribution in [3.63, 3.8) is 0 Å². The molecular formula is C54H32O. The minimum Gasteiger partial charge on any atom is -0.456 e. The van der Waals surface area contributed by atoms with Crippen LogP contribution < -0.4 is 0 Å². The molecule has 1 nitrogen and oxygen atoms in total. The van der Waals surface area contributed by atoms with Crippen molar-refractivity contribution in [1.29, 1.82) is 0 Å². The smallest absolute Gasteiger partial charge is 0.136 e. The molecule has 1 heteroatoms. The second kappa shape index (κ2) is 11.6. The molecule has 0 unspecified atom stereocenters. The predicted molar refractivity (Wildman–Crippen MR) is 235 cm³/mol. The molecule has 1 heterocycles. The van der Waals surface area contributed by atoms with E-state index < -0.39 is 0 Å². The summed E-state index contributed by atoms with van der Waals surface area (Å²) < 4.78 is 6.49. The molecule has 0 N–H and O–H groups in total. The van der Waals surface area contributed by atoms with E-state index in [0.29, 0.717) is 0 Å². The molecule has 12 aromatic rings. The Morgan fingerprint density at radius 1 is 0.255 bits per heavy atom. The zero-order chi connectivity index (χ0) is 36.0. The van der Waals surface area contributed by atoms with E-state index in [-0.39, 0.29) is 0 Å². The summed E-state index contributed by atoms with van der Waals surface area (Å²) in [6.07, 6.45) is 0. The minimum atomic E-state index is 0.907. The molecule has 0 spiro atoms. The third kappa shape index (κ3) is 4.48. The van der Waals surface area contributed by atoms with Crippen molar-refractivity contribution in [1.82, 2.24) is 0 Å². The van der Waals surface area contributed by atoms with Crippen LogP contribution in [0.25, 0.3) is 120 Å². The fourth-order valence-corrected chi connectivity index (χ4v) is 9.41. The van der Waals surface area contributed by atoms with Crippen LogP contribution in [0.5, 0.6) is 0 Å². The first kappa shape index (κ1) is 30.3. The highest BCUT2D eigenvalue weighted by molar-refractivity contribution is 6.28. The zero-order valence-electron chi connectivity index (χ0n) is 29.9. The fourth-order valence-electron chi connectivity index (χ4n) is 9.41. The molecule has 55 heavy (non-hydrogen) atoms. The quantitative estimate of drug-likeness (QED) is 0.132. The Labute approximate surface area is 317 Å². The van der Waals surface area contributed by atoms with Crippen LogP contribution in [-0.4, -0.2) is 0 Å². The summed E-state index contributed by atoms with van der Waals surface area (Å²) in [5.74, 6) is 0. The molecule has 0 radical (unpaired) electrons. The summed E-state index contributed by atoms with van der Waals surface area (Å²) in [6.45, 7) is 0. The Bertz CT molecular complexity index is 3490. The molecule has 0 saturated carbocycles. The van der Waals surface area contributed by atoms with E-state index in [1.807, 2.05) is 0 Å². The highest BCUT2D eigenvalue weighted by atomic mass is 16.3. The molecule has 254 valence electrons. The molecular weight excluding hydrogens is 665 g/mol. The number of benzene rings is 11. The molecule has 0 amide bonds. The second-order valence-electron chi connectivity index (χ2n) is 14.8. The van der Waals surface area contributed by atoms with Crippen molar-refractivity contribution in [3.8, 4) is 33.4 Å². The van der Waals surface area contributed by atoms with E-state index >= 15 is 0 Å². The van der Waals surface area contributed by atoms with Gasteiger partial charge >= 0.3 is 0 Å². The Morgan fingerprint density at radius 2 is 0.818 bits per heavy atom. The zero-order valence-corrected chi connectivity index (χ0v) is 29.9. The van der Waals surface area contributed by atoms with E-state index in [1.165, 1.54) is 98.0 Å². The van der Waals surface area contributed by atoms with Gasteiger partial charge in [0.05, 0.1) is 0 Å². The number of hydrogen-bond donors (Lipinski definition) is 0. The molecule has 0 aliphatic carbocycles. The van der Waals surface area contributed by atoms with E-state index in [9.17, 15) is 0 Å². The first-order valence-electron chi connectivity index (χ1n) is 19.0. The van der Waals surface area contributed by atoms with Crippen LogP contribution in [-0.2, 0) is 0 Å². The maximum Gasteiger partial charge on any atom is 0.136 e. The van der Waals surface area contributed by atoms with Crippen LogP contribution in [0.4, 0.5) is 0 Å². The Balaban J connectivity index is 1.13. The molecule has 0 bridgehead atoms. The molecule has 11 aromatic carbocycles. The van der Waals surface area contributed by atoms with E-state index in [2.05, 4.69) is 194 Å². The highest BCUT2D eigenvalue weighted by Gasteiger charge is 2.20. The maximum absolute atomic E-state index is 6.49. The highest BCUT2D eigenvalue weighted by Crippen LogP contribution is 2.48. The van der Waals surface area contributed by atoms with E-state index in [1.54, 1.807) is 0 Å². The summed E-state index contributed by atoms with van der Waals surface area (Å²) in [6, 6.07) is 71.2. The lowest BCUT2D eigenvalue weighted by Crippen LogP contribution is -1.93. The van der Waals surface area contributed by atoms with Gasteiger partial charge in [-0.15, -0.1) is 0 Å². The average Bonchev–Trinajstić information content (AvgIpc) is 3.62. The summed E-state index contributed by atoms with van der Waals surface area (Å²) in [5, 5.41) is 17.4. The lowest BCUT2D eigenvalue weighted by molar-refractivity contribution is 0.669. The van der Waals surface area contributed by atoms with Gasteiger partial charge in [0.2, 0.25) is 0 Å². The lowest BCUT2D eigenvalue weighted by Gasteiger charge is -2.20. The van der Waals surface area contributed by atoms with Crippen molar-refractivity contribution in [2.75, 3.05) is 0 Å². The van der Waals surface area contributed by atoms with Crippen molar-refractivity contribution in [2.24, 2.45) is 0 Å². The van der Waals surface area contributed by atoms with Gasteiger partial charge in [-0.3, -0.25) is 0 Å². The summed E-state index contributed by atoms with van der Waals surface area (Å²) in [4.78, 5) is 0. The van der Waals surface area contributed by atoms with E-state index in [4.69, 9.17) is 4.42 Å². The van der Waals surface area contributed by atoms with Crippen LogP contribution in [0.1, 0.15) is 0 Å².